The Hall–Kier alpha value is -2.08. The van der Waals surface area contributed by atoms with Gasteiger partial charge in [0.2, 0.25) is 5.91 Å². The van der Waals surface area contributed by atoms with E-state index in [2.05, 4.69) is 29.8 Å². The number of carbonyl (C=O) groups excluding carboxylic acids is 1. The number of nitrogens with two attached hydrogens (primary N) is 1. The molecule has 0 aliphatic heterocycles. The minimum atomic E-state index is -0.281. The summed E-state index contributed by atoms with van der Waals surface area (Å²) in [5.74, 6) is 0.961. The van der Waals surface area contributed by atoms with Crippen LogP contribution in [-0.2, 0) is 11.2 Å². The minimum Gasteiger partial charge on any atom is -0.356 e. The van der Waals surface area contributed by atoms with E-state index in [0.717, 1.165) is 22.4 Å². The molecular formula is C21H28Cl2N4O. The smallest absolute Gasteiger partial charge is 0.221 e. The van der Waals surface area contributed by atoms with Gasteiger partial charge in [0.05, 0.1) is 11.0 Å². The van der Waals surface area contributed by atoms with Gasteiger partial charge in [-0.2, -0.15) is 0 Å². The van der Waals surface area contributed by atoms with Crippen molar-refractivity contribution >= 4 is 41.8 Å². The molecule has 0 spiro atoms. The van der Waals surface area contributed by atoms with Crippen molar-refractivity contribution in [1.29, 1.82) is 0 Å². The number of hydrogen-bond donors (Lipinski definition) is 2. The predicted octanol–water partition coefficient (Wildman–Crippen LogP) is 4.21. The standard InChI is InChI=1S/C21H26N4O.2ClH/c1-15(2)25-19-11-7-6-10-18(19)24-20(25)12-13-23-21(26)14-17(22)16-8-4-3-5-9-16;;/h3-11,15,17H,12-14,22H2,1-2H3,(H,23,26);2*1H. The lowest BCUT2D eigenvalue weighted by Gasteiger charge is -2.14. The third kappa shape index (κ3) is 5.71. The van der Waals surface area contributed by atoms with Crippen LogP contribution in [0.4, 0.5) is 0 Å². The quantitative estimate of drug-likeness (QED) is 0.598. The van der Waals surface area contributed by atoms with Crippen molar-refractivity contribution in [2.45, 2.75) is 38.8 Å². The van der Waals surface area contributed by atoms with Crippen LogP contribution in [0.5, 0.6) is 0 Å². The fourth-order valence-electron chi connectivity index (χ4n) is 3.25. The van der Waals surface area contributed by atoms with Crippen LogP contribution in [-0.4, -0.2) is 22.0 Å². The molecule has 2 aromatic carbocycles. The van der Waals surface area contributed by atoms with Gasteiger partial charge in [0.1, 0.15) is 5.82 Å². The van der Waals surface area contributed by atoms with E-state index < -0.39 is 0 Å². The molecular weight excluding hydrogens is 395 g/mol. The summed E-state index contributed by atoms with van der Waals surface area (Å²) in [6.07, 6.45) is 0.976. The summed E-state index contributed by atoms with van der Waals surface area (Å²) >= 11 is 0. The molecule has 0 aliphatic carbocycles. The van der Waals surface area contributed by atoms with Crippen LogP contribution in [0, 0.1) is 0 Å². The molecule has 0 saturated heterocycles. The molecule has 1 aromatic heterocycles. The number of nitrogens with zero attached hydrogens (tertiary/aromatic N) is 2. The number of aromatic nitrogens is 2. The van der Waals surface area contributed by atoms with E-state index >= 15 is 0 Å². The van der Waals surface area contributed by atoms with Gasteiger partial charge in [-0.25, -0.2) is 4.98 Å². The van der Waals surface area contributed by atoms with E-state index in [9.17, 15) is 4.79 Å². The summed E-state index contributed by atoms with van der Waals surface area (Å²) in [4.78, 5) is 16.9. The summed E-state index contributed by atoms with van der Waals surface area (Å²) < 4.78 is 2.23. The van der Waals surface area contributed by atoms with Crippen LogP contribution < -0.4 is 11.1 Å². The number of amides is 1. The minimum absolute atomic E-state index is 0. The first-order valence-corrected chi connectivity index (χ1v) is 9.09. The van der Waals surface area contributed by atoms with Gasteiger partial charge in [0.25, 0.3) is 0 Å². The zero-order valence-electron chi connectivity index (χ0n) is 16.2. The molecule has 3 aromatic rings. The van der Waals surface area contributed by atoms with Crippen LogP contribution in [0.15, 0.2) is 54.6 Å². The van der Waals surface area contributed by atoms with E-state index in [4.69, 9.17) is 10.7 Å². The zero-order valence-corrected chi connectivity index (χ0v) is 17.8. The van der Waals surface area contributed by atoms with E-state index in [1.807, 2.05) is 48.5 Å². The van der Waals surface area contributed by atoms with Crippen molar-refractivity contribution in [3.63, 3.8) is 0 Å². The molecule has 1 unspecified atom stereocenters. The Bertz CT molecular complexity index is 881. The maximum Gasteiger partial charge on any atom is 0.221 e. The van der Waals surface area contributed by atoms with Gasteiger partial charge < -0.3 is 15.6 Å². The Kier molecular flexibility index (Phi) is 9.46. The zero-order chi connectivity index (χ0) is 18.5. The third-order valence-corrected chi connectivity index (χ3v) is 4.49. The lowest BCUT2D eigenvalue weighted by atomic mass is 10.0. The van der Waals surface area contributed by atoms with Crippen molar-refractivity contribution < 1.29 is 4.79 Å². The van der Waals surface area contributed by atoms with Crippen LogP contribution in [0.25, 0.3) is 11.0 Å². The van der Waals surface area contributed by atoms with E-state index in [-0.39, 0.29) is 43.2 Å². The molecule has 0 saturated carbocycles. The van der Waals surface area contributed by atoms with E-state index in [1.165, 1.54) is 0 Å². The first-order valence-electron chi connectivity index (χ1n) is 9.09. The van der Waals surface area contributed by atoms with Crippen LogP contribution in [0.3, 0.4) is 0 Å². The van der Waals surface area contributed by atoms with Crippen LogP contribution in [0.2, 0.25) is 0 Å². The van der Waals surface area contributed by atoms with Gasteiger partial charge in [-0.1, -0.05) is 42.5 Å². The molecule has 1 atom stereocenters. The van der Waals surface area contributed by atoms with Crippen molar-refractivity contribution in [3.8, 4) is 0 Å². The van der Waals surface area contributed by atoms with Gasteiger partial charge in [0, 0.05) is 31.5 Å². The second-order valence-electron chi connectivity index (χ2n) is 6.80. The molecule has 0 fully saturated rings. The summed E-state index contributed by atoms with van der Waals surface area (Å²) in [6.45, 7) is 4.85. The molecule has 1 heterocycles. The second kappa shape index (κ2) is 11.1. The Morgan fingerprint density at radius 2 is 1.71 bits per heavy atom. The highest BCUT2D eigenvalue weighted by molar-refractivity contribution is 5.85. The number of para-hydroxylation sites is 2. The number of nitrogens with one attached hydrogen (secondary N) is 1. The largest absolute Gasteiger partial charge is 0.356 e. The van der Waals surface area contributed by atoms with Gasteiger partial charge in [-0.15, -0.1) is 24.8 Å². The Morgan fingerprint density at radius 1 is 1.07 bits per heavy atom. The van der Waals surface area contributed by atoms with Crippen LogP contribution in [0.1, 0.15) is 43.7 Å². The Balaban J connectivity index is 0.00000196. The lowest BCUT2D eigenvalue weighted by molar-refractivity contribution is -0.121. The number of benzene rings is 2. The van der Waals surface area contributed by atoms with Gasteiger partial charge in [0.15, 0.2) is 0 Å². The molecule has 3 N–H and O–H groups in total. The average Bonchev–Trinajstić information content (AvgIpc) is 3.00. The second-order valence-corrected chi connectivity index (χ2v) is 6.80. The maximum absolute atomic E-state index is 12.2. The van der Waals surface area contributed by atoms with E-state index in [1.54, 1.807) is 0 Å². The molecule has 3 rings (SSSR count). The Labute approximate surface area is 178 Å². The number of rotatable bonds is 7. The summed E-state index contributed by atoms with van der Waals surface area (Å²) in [5, 5.41) is 2.97. The summed E-state index contributed by atoms with van der Waals surface area (Å²) in [6, 6.07) is 17.9. The number of imidazole rings is 1. The maximum atomic E-state index is 12.2. The SMILES string of the molecule is CC(C)n1c(CCNC(=O)CC(N)c2ccccc2)nc2ccccc21.Cl.Cl. The molecule has 0 radical (unpaired) electrons. The monoisotopic (exact) mass is 422 g/mol. The third-order valence-electron chi connectivity index (χ3n) is 4.49. The van der Waals surface area contributed by atoms with Crippen LogP contribution >= 0.6 is 24.8 Å². The first kappa shape index (κ1) is 24.0. The molecule has 5 nitrogen and oxygen atoms in total. The fourth-order valence-corrected chi connectivity index (χ4v) is 3.25. The molecule has 7 heteroatoms. The van der Waals surface area contributed by atoms with Gasteiger partial charge in [-0.05, 0) is 31.5 Å². The Morgan fingerprint density at radius 3 is 2.39 bits per heavy atom. The molecule has 152 valence electrons. The highest BCUT2D eigenvalue weighted by Crippen LogP contribution is 2.21. The first-order chi connectivity index (χ1) is 12.6. The van der Waals surface area contributed by atoms with Crippen molar-refractivity contribution in [2.75, 3.05) is 6.54 Å². The number of fused-ring (bicyclic) bond motifs is 1. The van der Waals surface area contributed by atoms with Crippen molar-refractivity contribution in [3.05, 3.63) is 66.0 Å². The topological polar surface area (TPSA) is 72.9 Å². The summed E-state index contributed by atoms with van der Waals surface area (Å²) in [5.41, 5.74) is 9.22. The van der Waals surface area contributed by atoms with Crippen molar-refractivity contribution in [2.24, 2.45) is 5.73 Å². The lowest BCUT2D eigenvalue weighted by Crippen LogP contribution is -2.29. The fraction of sp³-hybridized carbons (Fsp3) is 0.333. The predicted molar refractivity (Wildman–Crippen MR) is 119 cm³/mol. The number of halogens is 2. The van der Waals surface area contributed by atoms with Crippen molar-refractivity contribution in [1.82, 2.24) is 14.9 Å². The normalized spacial score (nSPS) is 11.6. The summed E-state index contributed by atoms with van der Waals surface area (Å²) in [7, 11) is 0. The average molecular weight is 423 g/mol. The molecule has 0 aliphatic rings. The highest BCUT2D eigenvalue weighted by Gasteiger charge is 2.14. The van der Waals surface area contributed by atoms with Gasteiger partial charge >= 0.3 is 0 Å². The van der Waals surface area contributed by atoms with Gasteiger partial charge in [-0.3, -0.25) is 4.79 Å². The molecule has 28 heavy (non-hydrogen) atoms. The van der Waals surface area contributed by atoms with E-state index in [0.29, 0.717) is 19.0 Å². The number of hydrogen-bond acceptors (Lipinski definition) is 3. The number of carbonyl (C=O) groups is 1. The molecule has 0 bridgehead atoms. The molecule has 1 amide bonds. The highest BCUT2D eigenvalue weighted by atomic mass is 35.5.